The molecule has 0 aliphatic carbocycles. The average molecular weight is 1120 g/mol. The summed E-state index contributed by atoms with van der Waals surface area (Å²) >= 11 is 12.0. The second kappa shape index (κ2) is 26.8. The molecule has 406 valence electrons. The van der Waals surface area contributed by atoms with Crippen LogP contribution < -0.4 is 32.7 Å². The second-order valence-corrected chi connectivity index (χ2v) is 18.9. The zero-order valence-electron chi connectivity index (χ0n) is 42.7. The summed E-state index contributed by atoms with van der Waals surface area (Å²) in [6.45, 7) is 5.51. The predicted octanol–water partition coefficient (Wildman–Crippen LogP) is 10.6. The topological polar surface area (TPSA) is 237 Å². The molecular weight excluding hydrogens is 1070 g/mol. The molecule has 21 heteroatoms. The molecule has 0 spiro atoms. The van der Waals surface area contributed by atoms with Crippen molar-refractivity contribution < 1.29 is 27.6 Å². The molecule has 0 saturated carbocycles. The van der Waals surface area contributed by atoms with E-state index in [0.717, 1.165) is 84.4 Å². The number of nitrogens with two attached hydrogens (primary N) is 3. The van der Waals surface area contributed by atoms with Crippen LogP contribution in [0.1, 0.15) is 53.3 Å². The van der Waals surface area contributed by atoms with Gasteiger partial charge in [-0.3, -0.25) is 19.3 Å². The smallest absolute Gasteiger partial charge is 0.366 e. The van der Waals surface area contributed by atoms with E-state index in [4.69, 9.17) is 45.4 Å². The van der Waals surface area contributed by atoms with Gasteiger partial charge in [0.2, 0.25) is 35.6 Å². The summed E-state index contributed by atoms with van der Waals surface area (Å²) < 4.78 is 37.8. The molecule has 80 heavy (non-hydrogen) atoms. The molecule has 0 atom stereocenters. The first-order chi connectivity index (χ1) is 38.5. The number of alkyl halides is 3. The number of anilines is 3. The molecule has 0 unspecified atom stereocenters. The lowest BCUT2D eigenvalue weighted by molar-refractivity contribution is -0.137. The summed E-state index contributed by atoms with van der Waals surface area (Å²) in [5.74, 6) is 0.165. The largest absolute Gasteiger partial charge is 0.416 e. The van der Waals surface area contributed by atoms with Crippen LogP contribution in [0.15, 0.2) is 182 Å². The van der Waals surface area contributed by atoms with Crippen molar-refractivity contribution in [1.82, 2.24) is 34.8 Å². The summed E-state index contributed by atoms with van der Waals surface area (Å²) in [6, 6.07) is 46.9. The standard InChI is InChI=1S/C22H23N5O.C19H15F3N4O.C18H14Cl2N4O/c23-21(28)19-8-6-18(7-9-19)20-10-11-24-22(25-20)27-14-12-26(13-15-27)16-17-4-2-1-3-5-17;20-19(21,22)15-7-1-12(2-8-15)11-25-18-24-10-9-16(26-18)13-3-5-14(6-4-13)17(23)27;19-14-7-11(8-15(20)9-14)10-23-18-22-6-5-16(24-18)12-1-3-13(4-2-12)17(21)25/h1-11H,12-16H2,(H2,23,28);1-10H,11H2,(H2,23,27)(H,24,25,26);1-9H,10H2,(H2,21,25)(H,22,23,24). The van der Waals surface area contributed by atoms with E-state index in [1.807, 2.05) is 36.4 Å². The number of halogens is 5. The Hall–Kier alpha value is -9.30. The van der Waals surface area contributed by atoms with E-state index in [0.29, 0.717) is 56.4 Å². The van der Waals surface area contributed by atoms with Crippen molar-refractivity contribution in [3.63, 3.8) is 0 Å². The molecule has 1 aliphatic heterocycles. The molecule has 0 radical (unpaired) electrons. The van der Waals surface area contributed by atoms with Crippen molar-refractivity contribution in [2.45, 2.75) is 25.8 Å². The molecule has 1 fully saturated rings. The summed E-state index contributed by atoms with van der Waals surface area (Å²) in [4.78, 5) is 64.5. The van der Waals surface area contributed by atoms with Crippen molar-refractivity contribution in [1.29, 1.82) is 0 Å². The van der Waals surface area contributed by atoms with E-state index in [-0.39, 0.29) is 6.54 Å². The van der Waals surface area contributed by atoms with E-state index in [1.165, 1.54) is 17.7 Å². The highest BCUT2D eigenvalue weighted by molar-refractivity contribution is 6.34. The minimum absolute atomic E-state index is 0.280. The fourth-order valence-corrected chi connectivity index (χ4v) is 8.69. The quantitative estimate of drug-likeness (QED) is 0.0643. The maximum atomic E-state index is 12.6. The number of carbonyl (C=O) groups is 3. The molecular formula is C59H52Cl2F3N13O3. The summed E-state index contributed by atoms with van der Waals surface area (Å²) in [7, 11) is 0. The third-order valence-corrected chi connectivity index (χ3v) is 12.8. The van der Waals surface area contributed by atoms with Gasteiger partial charge in [0.15, 0.2) is 0 Å². The lowest BCUT2D eigenvalue weighted by Crippen LogP contribution is -2.46. The van der Waals surface area contributed by atoms with Gasteiger partial charge in [-0.05, 0) is 102 Å². The highest BCUT2D eigenvalue weighted by Crippen LogP contribution is 2.30. The molecule has 16 nitrogen and oxygen atoms in total. The number of benzene rings is 6. The third kappa shape index (κ3) is 16.4. The van der Waals surface area contributed by atoms with Crippen LogP contribution in [0.25, 0.3) is 33.8 Å². The van der Waals surface area contributed by atoms with Crippen molar-refractivity contribution in [3.05, 3.63) is 231 Å². The highest BCUT2D eigenvalue weighted by atomic mass is 35.5. The Morgan fingerprint density at radius 1 is 0.487 bits per heavy atom. The number of rotatable bonds is 15. The number of carbonyl (C=O) groups excluding carboxylic acids is 3. The van der Waals surface area contributed by atoms with Gasteiger partial charge in [-0.1, -0.05) is 102 Å². The Morgan fingerprint density at radius 3 is 1.35 bits per heavy atom. The Labute approximate surface area is 468 Å². The molecule has 1 saturated heterocycles. The van der Waals surface area contributed by atoms with Gasteiger partial charge in [-0.25, -0.2) is 29.9 Å². The lowest BCUT2D eigenvalue weighted by Gasteiger charge is -2.34. The van der Waals surface area contributed by atoms with Crippen molar-refractivity contribution in [2.75, 3.05) is 41.7 Å². The van der Waals surface area contributed by atoms with E-state index in [1.54, 1.807) is 97.5 Å². The molecule has 4 heterocycles. The lowest BCUT2D eigenvalue weighted by atomic mass is 10.1. The van der Waals surface area contributed by atoms with Crippen molar-refractivity contribution in [3.8, 4) is 33.8 Å². The summed E-state index contributed by atoms with van der Waals surface area (Å²) in [6.07, 6.45) is 0.667. The number of primary amides is 3. The van der Waals surface area contributed by atoms with Gasteiger partial charge in [0.05, 0.1) is 22.6 Å². The van der Waals surface area contributed by atoms with E-state index >= 15 is 0 Å². The van der Waals surface area contributed by atoms with Crippen LogP contribution in [0.2, 0.25) is 10.0 Å². The minimum Gasteiger partial charge on any atom is -0.366 e. The van der Waals surface area contributed by atoms with Crippen LogP contribution in [-0.2, 0) is 25.8 Å². The Balaban J connectivity index is 0.000000158. The molecule has 6 aromatic carbocycles. The summed E-state index contributed by atoms with van der Waals surface area (Å²) in [5.41, 5.74) is 24.2. The number of hydrogen-bond acceptors (Lipinski definition) is 13. The van der Waals surface area contributed by atoms with Crippen LogP contribution in [-0.4, -0.2) is 78.7 Å². The molecule has 0 bridgehead atoms. The van der Waals surface area contributed by atoms with Crippen LogP contribution in [0.4, 0.5) is 31.0 Å². The van der Waals surface area contributed by atoms with Gasteiger partial charge in [-0.2, -0.15) is 13.2 Å². The average Bonchev–Trinajstić information content (AvgIpc) is 3.47. The first kappa shape index (κ1) is 56.9. The van der Waals surface area contributed by atoms with Gasteiger partial charge in [-0.15, -0.1) is 0 Å². The van der Waals surface area contributed by atoms with Crippen LogP contribution in [0.3, 0.4) is 0 Å². The fourth-order valence-electron chi connectivity index (χ4n) is 8.12. The molecule has 10 rings (SSSR count). The molecule has 1 aliphatic rings. The van der Waals surface area contributed by atoms with Gasteiger partial charge in [0.25, 0.3) is 0 Å². The second-order valence-electron chi connectivity index (χ2n) is 18.0. The van der Waals surface area contributed by atoms with Gasteiger partial charge in [0.1, 0.15) is 0 Å². The van der Waals surface area contributed by atoms with E-state index in [2.05, 4.69) is 69.6 Å². The first-order valence-electron chi connectivity index (χ1n) is 24.8. The van der Waals surface area contributed by atoms with Crippen molar-refractivity contribution >= 4 is 58.8 Å². The number of nitrogens with one attached hydrogen (secondary N) is 2. The SMILES string of the molecule is NC(=O)c1ccc(-c2ccnc(N3CCN(Cc4ccccc4)CC3)n2)cc1.NC(=O)c1ccc(-c2ccnc(NCc3cc(Cl)cc(Cl)c3)n2)cc1.NC(=O)c1ccc(-c2ccnc(NCc3ccc(C(F)(F)F)cc3)n2)cc1. The van der Waals surface area contributed by atoms with E-state index < -0.39 is 29.5 Å². The van der Waals surface area contributed by atoms with Gasteiger partial charge >= 0.3 is 6.18 Å². The fraction of sp³-hybridized carbons (Fsp3) is 0.136. The van der Waals surface area contributed by atoms with Crippen LogP contribution >= 0.6 is 23.2 Å². The van der Waals surface area contributed by atoms with Gasteiger partial charge < -0.3 is 32.7 Å². The molecule has 8 N–H and O–H groups in total. The van der Waals surface area contributed by atoms with Gasteiger partial charge in [0, 0.05) is 108 Å². The van der Waals surface area contributed by atoms with Crippen LogP contribution in [0, 0.1) is 0 Å². The zero-order valence-corrected chi connectivity index (χ0v) is 44.2. The number of amides is 3. The minimum atomic E-state index is -4.35. The first-order valence-corrected chi connectivity index (χ1v) is 25.6. The molecule has 9 aromatic rings. The summed E-state index contributed by atoms with van der Waals surface area (Å²) in [5, 5.41) is 7.28. The Kier molecular flexibility index (Phi) is 19.1. The van der Waals surface area contributed by atoms with Crippen molar-refractivity contribution in [2.24, 2.45) is 17.2 Å². The number of piperazine rings is 1. The highest BCUT2D eigenvalue weighted by Gasteiger charge is 2.30. The maximum Gasteiger partial charge on any atom is 0.416 e. The number of nitrogens with zero attached hydrogens (tertiary/aromatic N) is 8. The zero-order chi connectivity index (χ0) is 56.6. The monoisotopic (exact) mass is 1120 g/mol. The van der Waals surface area contributed by atoms with Crippen LogP contribution in [0.5, 0.6) is 0 Å². The molecule has 3 amide bonds. The predicted molar refractivity (Wildman–Crippen MR) is 304 cm³/mol. The molecule has 3 aromatic heterocycles. The Bertz CT molecular complexity index is 3520. The Morgan fingerprint density at radius 2 is 0.912 bits per heavy atom. The number of aromatic nitrogens is 6. The maximum absolute atomic E-state index is 12.6. The number of hydrogen-bond donors (Lipinski definition) is 5. The normalized spacial score (nSPS) is 12.2. The third-order valence-electron chi connectivity index (χ3n) is 12.4. The van der Waals surface area contributed by atoms with E-state index in [9.17, 15) is 27.6 Å².